The number of benzene rings is 1. The summed E-state index contributed by atoms with van der Waals surface area (Å²) in [6.45, 7) is 5.14. The Hall–Kier alpha value is -1.69. The first kappa shape index (κ1) is 17.4. The van der Waals surface area contributed by atoms with Crippen molar-refractivity contribution in [1.82, 2.24) is 5.32 Å². The van der Waals surface area contributed by atoms with Gasteiger partial charge in [-0.05, 0) is 26.3 Å². The molecule has 5 nitrogen and oxygen atoms in total. The Morgan fingerprint density at radius 2 is 1.90 bits per heavy atom. The highest BCUT2D eigenvalue weighted by Gasteiger charge is 2.20. The zero-order valence-electron chi connectivity index (χ0n) is 12.4. The monoisotopic (exact) mass is 310 g/mol. The Kier molecular flexibility index (Phi) is 6.55. The summed E-state index contributed by atoms with van der Waals surface area (Å²) in [6.07, 6.45) is -0.753. The standard InChI is InChI=1S/C15H21NO4S/c1-15(2,3)20-14(19)16-12(13(17)18)10-21-9-11-7-5-4-6-8-11/h4-8,12H,9-10H2,1-3H3,(H,16,19)(H,17,18)/p-1/t12-/m1/s1. The number of rotatable bonds is 6. The van der Waals surface area contributed by atoms with Crippen LogP contribution in [0.2, 0.25) is 0 Å². The van der Waals surface area contributed by atoms with Crippen LogP contribution in [0.5, 0.6) is 0 Å². The average molecular weight is 310 g/mol. The van der Waals surface area contributed by atoms with E-state index in [2.05, 4.69) is 5.32 Å². The van der Waals surface area contributed by atoms with Gasteiger partial charge in [-0.3, -0.25) is 0 Å². The van der Waals surface area contributed by atoms with Gasteiger partial charge in [-0.2, -0.15) is 11.8 Å². The Balaban J connectivity index is 2.43. The van der Waals surface area contributed by atoms with E-state index in [1.165, 1.54) is 11.8 Å². The summed E-state index contributed by atoms with van der Waals surface area (Å²) in [4.78, 5) is 22.6. The maximum Gasteiger partial charge on any atom is 0.408 e. The lowest BCUT2D eigenvalue weighted by atomic mass is 10.2. The zero-order chi connectivity index (χ0) is 15.9. The van der Waals surface area contributed by atoms with Crippen LogP contribution in [0.1, 0.15) is 26.3 Å². The number of carboxylic acid groups (broad SMARTS) is 1. The number of carboxylic acids is 1. The number of thioether (sulfide) groups is 1. The predicted octanol–water partition coefficient (Wildman–Crippen LogP) is 1.56. The lowest BCUT2D eigenvalue weighted by Gasteiger charge is -2.24. The molecule has 21 heavy (non-hydrogen) atoms. The third kappa shape index (κ3) is 7.60. The van der Waals surface area contributed by atoms with Gasteiger partial charge in [0, 0.05) is 11.5 Å². The van der Waals surface area contributed by atoms with Crippen LogP contribution >= 0.6 is 11.8 Å². The second-order valence-corrected chi connectivity index (χ2v) is 6.55. The van der Waals surface area contributed by atoms with E-state index in [-0.39, 0.29) is 5.75 Å². The second kappa shape index (κ2) is 7.93. The normalized spacial score (nSPS) is 12.5. The maximum atomic E-state index is 11.6. The van der Waals surface area contributed by atoms with Gasteiger partial charge in [0.15, 0.2) is 0 Å². The molecule has 1 amide bonds. The molecule has 116 valence electrons. The summed E-state index contributed by atoms with van der Waals surface area (Å²) < 4.78 is 5.03. The van der Waals surface area contributed by atoms with Gasteiger partial charge < -0.3 is 20.0 Å². The molecular formula is C15H20NO4S-. The van der Waals surface area contributed by atoms with Crippen molar-refractivity contribution >= 4 is 23.8 Å². The van der Waals surface area contributed by atoms with Crippen LogP contribution < -0.4 is 10.4 Å². The quantitative estimate of drug-likeness (QED) is 0.862. The Labute approximate surface area is 129 Å². The van der Waals surface area contributed by atoms with Gasteiger partial charge in [0.05, 0.1) is 12.0 Å². The molecule has 0 aliphatic carbocycles. The number of aliphatic carboxylic acids is 1. The van der Waals surface area contributed by atoms with Gasteiger partial charge in [-0.25, -0.2) is 4.79 Å². The third-order valence-electron chi connectivity index (χ3n) is 2.37. The van der Waals surface area contributed by atoms with Gasteiger partial charge in [0.2, 0.25) is 0 Å². The predicted molar refractivity (Wildman–Crippen MR) is 80.8 cm³/mol. The van der Waals surface area contributed by atoms with Gasteiger partial charge in [-0.1, -0.05) is 30.3 Å². The van der Waals surface area contributed by atoms with Crippen molar-refractivity contribution in [3.05, 3.63) is 35.9 Å². The van der Waals surface area contributed by atoms with E-state index in [0.717, 1.165) is 5.56 Å². The van der Waals surface area contributed by atoms with E-state index >= 15 is 0 Å². The molecule has 1 N–H and O–H groups in total. The van der Waals surface area contributed by atoms with E-state index in [9.17, 15) is 14.7 Å². The smallest absolute Gasteiger partial charge is 0.408 e. The minimum absolute atomic E-state index is 0.219. The van der Waals surface area contributed by atoms with Crippen molar-refractivity contribution in [3.63, 3.8) is 0 Å². The van der Waals surface area contributed by atoms with Gasteiger partial charge in [-0.15, -0.1) is 0 Å². The minimum Gasteiger partial charge on any atom is -0.548 e. The largest absolute Gasteiger partial charge is 0.548 e. The van der Waals surface area contributed by atoms with Crippen LogP contribution in [0, 0.1) is 0 Å². The molecule has 6 heteroatoms. The van der Waals surface area contributed by atoms with Crippen LogP contribution in [-0.2, 0) is 15.3 Å². The number of amides is 1. The highest BCUT2D eigenvalue weighted by Crippen LogP contribution is 2.13. The Morgan fingerprint density at radius 3 is 2.43 bits per heavy atom. The lowest BCUT2D eigenvalue weighted by Crippen LogP contribution is -2.50. The van der Waals surface area contributed by atoms with Gasteiger partial charge in [0.1, 0.15) is 5.60 Å². The summed E-state index contributed by atoms with van der Waals surface area (Å²) in [5.74, 6) is -0.432. The topological polar surface area (TPSA) is 78.5 Å². The molecule has 0 radical (unpaired) electrons. The first-order valence-corrected chi connectivity index (χ1v) is 7.75. The molecule has 0 saturated heterocycles. The first-order chi connectivity index (χ1) is 9.78. The molecule has 0 aromatic heterocycles. The Morgan fingerprint density at radius 1 is 1.29 bits per heavy atom. The minimum atomic E-state index is -1.32. The molecule has 0 saturated carbocycles. The summed E-state index contributed by atoms with van der Waals surface area (Å²) in [6, 6.07) is 8.61. The van der Waals surface area contributed by atoms with E-state index < -0.39 is 23.7 Å². The van der Waals surface area contributed by atoms with E-state index in [1.807, 2.05) is 30.3 Å². The van der Waals surface area contributed by atoms with E-state index in [4.69, 9.17) is 4.74 Å². The van der Waals surface area contributed by atoms with Crippen molar-refractivity contribution in [3.8, 4) is 0 Å². The van der Waals surface area contributed by atoms with Crippen LogP contribution in [0.3, 0.4) is 0 Å². The highest BCUT2D eigenvalue weighted by molar-refractivity contribution is 7.98. The maximum absolute atomic E-state index is 11.6. The number of ether oxygens (including phenoxy) is 1. The van der Waals surface area contributed by atoms with Crippen molar-refractivity contribution in [2.75, 3.05) is 5.75 Å². The third-order valence-corrected chi connectivity index (χ3v) is 3.48. The summed E-state index contributed by atoms with van der Waals surface area (Å²) in [5, 5.41) is 13.4. The number of alkyl carbamates (subject to hydrolysis) is 1. The fourth-order valence-electron chi connectivity index (χ4n) is 1.49. The fraction of sp³-hybridized carbons (Fsp3) is 0.467. The molecule has 0 fully saturated rings. The molecule has 0 heterocycles. The molecule has 0 aliphatic heterocycles. The molecule has 1 rings (SSSR count). The molecule has 0 bridgehead atoms. The molecule has 0 unspecified atom stereocenters. The van der Waals surface area contributed by atoms with Crippen LogP contribution in [0.25, 0.3) is 0 Å². The first-order valence-electron chi connectivity index (χ1n) is 6.60. The number of hydrogen-bond acceptors (Lipinski definition) is 5. The van der Waals surface area contributed by atoms with Crippen LogP contribution in [0.4, 0.5) is 4.79 Å². The number of hydrogen-bond donors (Lipinski definition) is 1. The second-order valence-electron chi connectivity index (χ2n) is 5.52. The molecule has 1 atom stereocenters. The lowest BCUT2D eigenvalue weighted by molar-refractivity contribution is -0.307. The van der Waals surface area contributed by atoms with Crippen molar-refractivity contribution in [1.29, 1.82) is 0 Å². The molecule has 1 aromatic carbocycles. The summed E-state index contributed by atoms with van der Waals surface area (Å²) in [7, 11) is 0. The molecule has 0 aliphatic rings. The Bertz CT molecular complexity index is 470. The highest BCUT2D eigenvalue weighted by atomic mass is 32.2. The van der Waals surface area contributed by atoms with Crippen molar-refractivity contribution in [2.24, 2.45) is 0 Å². The van der Waals surface area contributed by atoms with Gasteiger partial charge in [0.25, 0.3) is 0 Å². The number of carbonyl (C=O) groups excluding carboxylic acids is 2. The van der Waals surface area contributed by atoms with Gasteiger partial charge >= 0.3 is 6.09 Å². The summed E-state index contributed by atoms with van der Waals surface area (Å²) in [5.41, 5.74) is 0.425. The summed E-state index contributed by atoms with van der Waals surface area (Å²) >= 11 is 1.41. The fourth-order valence-corrected chi connectivity index (χ4v) is 2.49. The molecule has 0 spiro atoms. The molecular weight excluding hydrogens is 290 g/mol. The van der Waals surface area contributed by atoms with Crippen LogP contribution in [-0.4, -0.2) is 29.5 Å². The number of carbonyl (C=O) groups is 2. The van der Waals surface area contributed by atoms with Crippen molar-refractivity contribution in [2.45, 2.75) is 38.2 Å². The SMILES string of the molecule is CC(C)(C)OC(=O)N[C@H](CSCc1ccccc1)C(=O)[O-]. The zero-order valence-corrected chi connectivity index (χ0v) is 13.2. The van der Waals surface area contributed by atoms with E-state index in [1.54, 1.807) is 20.8 Å². The van der Waals surface area contributed by atoms with Crippen molar-refractivity contribution < 1.29 is 19.4 Å². The molecule has 1 aromatic rings. The number of nitrogens with one attached hydrogen (secondary N) is 1. The van der Waals surface area contributed by atoms with Crippen LogP contribution in [0.15, 0.2) is 30.3 Å². The average Bonchev–Trinajstić information content (AvgIpc) is 2.36. The van der Waals surface area contributed by atoms with E-state index in [0.29, 0.717) is 5.75 Å².